The fourth-order valence-corrected chi connectivity index (χ4v) is 9.53. The first-order valence-electron chi connectivity index (χ1n) is 22.8. The normalized spacial score (nSPS) is 11.3. The Hall–Kier alpha value is -8.92. The first kappa shape index (κ1) is 39.7. The summed E-state index contributed by atoms with van der Waals surface area (Å²) in [7, 11) is 0. The van der Waals surface area contributed by atoms with Crippen LogP contribution < -0.4 is 0 Å². The molecule has 0 bridgehead atoms. The van der Waals surface area contributed by atoms with Crippen LogP contribution in [0.25, 0.3) is 117 Å². The van der Waals surface area contributed by atoms with Gasteiger partial charge in [-0.15, -0.1) is 0 Å². The smallest absolute Gasteiger partial charge is 0.160 e. The first-order chi connectivity index (χ1) is 33.2. The van der Waals surface area contributed by atoms with Gasteiger partial charge in [-0.1, -0.05) is 194 Å². The lowest BCUT2D eigenvalue weighted by atomic mass is 9.92. The summed E-state index contributed by atoms with van der Waals surface area (Å²) in [5, 5.41) is 2.43. The van der Waals surface area contributed by atoms with Crippen LogP contribution in [-0.4, -0.2) is 14.5 Å². The maximum Gasteiger partial charge on any atom is 0.160 e. The fourth-order valence-electron chi connectivity index (χ4n) is 9.53. The molecule has 0 aliphatic carbocycles. The van der Waals surface area contributed by atoms with Crippen LogP contribution in [0.1, 0.15) is 0 Å². The van der Waals surface area contributed by atoms with Gasteiger partial charge in [0.15, 0.2) is 5.82 Å². The Balaban J connectivity index is 1.00. The van der Waals surface area contributed by atoms with Gasteiger partial charge < -0.3 is 4.57 Å². The minimum Gasteiger partial charge on any atom is -0.309 e. The molecule has 3 nitrogen and oxygen atoms in total. The molecule has 12 rings (SSSR count). The Labute approximate surface area is 390 Å². The van der Waals surface area contributed by atoms with Crippen LogP contribution in [0.3, 0.4) is 0 Å². The second-order valence-corrected chi connectivity index (χ2v) is 17.0. The van der Waals surface area contributed by atoms with E-state index in [1.165, 1.54) is 55.2 Å². The Morgan fingerprint density at radius 3 is 1.25 bits per heavy atom. The summed E-state index contributed by atoms with van der Waals surface area (Å²) in [5.74, 6) is 0.683. The lowest BCUT2D eigenvalue weighted by Gasteiger charge is -2.13. The van der Waals surface area contributed by atoms with Crippen molar-refractivity contribution in [3.63, 3.8) is 0 Å². The maximum absolute atomic E-state index is 5.29. The van der Waals surface area contributed by atoms with Crippen LogP contribution in [0.5, 0.6) is 0 Å². The van der Waals surface area contributed by atoms with E-state index in [9.17, 15) is 0 Å². The van der Waals surface area contributed by atoms with E-state index < -0.39 is 0 Å². The molecule has 2 aromatic heterocycles. The quantitative estimate of drug-likeness (QED) is 0.145. The molecule has 12 aromatic rings. The van der Waals surface area contributed by atoms with Crippen molar-refractivity contribution < 1.29 is 0 Å². The number of para-hydroxylation sites is 1. The molecule has 0 amide bonds. The minimum atomic E-state index is 0.683. The molecule has 0 unspecified atom stereocenters. The van der Waals surface area contributed by atoms with Crippen LogP contribution in [0, 0.1) is 0 Å². The average molecular weight is 854 g/mol. The topological polar surface area (TPSA) is 30.7 Å². The van der Waals surface area contributed by atoms with Crippen LogP contribution in [0.4, 0.5) is 0 Å². The third-order valence-electron chi connectivity index (χ3n) is 12.8. The zero-order valence-corrected chi connectivity index (χ0v) is 36.7. The number of hydrogen-bond acceptors (Lipinski definition) is 2. The molecular weight excluding hydrogens is 811 g/mol. The largest absolute Gasteiger partial charge is 0.309 e. The molecule has 67 heavy (non-hydrogen) atoms. The van der Waals surface area contributed by atoms with Gasteiger partial charge in [0.1, 0.15) is 0 Å². The highest BCUT2D eigenvalue weighted by atomic mass is 15.0. The summed E-state index contributed by atoms with van der Waals surface area (Å²) in [6.45, 7) is 0. The van der Waals surface area contributed by atoms with E-state index in [0.29, 0.717) is 5.82 Å². The number of benzene rings is 10. The van der Waals surface area contributed by atoms with Gasteiger partial charge in [-0.3, -0.25) is 0 Å². The van der Waals surface area contributed by atoms with Gasteiger partial charge in [0.05, 0.1) is 22.4 Å². The lowest BCUT2D eigenvalue weighted by Crippen LogP contribution is -1.96. The maximum atomic E-state index is 5.29. The Kier molecular flexibility index (Phi) is 10.2. The molecule has 0 saturated carbocycles. The number of hydrogen-bond donors (Lipinski definition) is 0. The molecule has 0 aliphatic heterocycles. The van der Waals surface area contributed by atoms with Gasteiger partial charge in [-0.25, -0.2) is 9.97 Å². The van der Waals surface area contributed by atoms with E-state index in [0.717, 1.165) is 56.0 Å². The average Bonchev–Trinajstić information content (AvgIpc) is 3.76. The molecule has 0 fully saturated rings. The molecule has 0 aliphatic rings. The van der Waals surface area contributed by atoms with Crippen molar-refractivity contribution in [2.75, 3.05) is 0 Å². The molecule has 0 N–H and O–H groups in total. The molecule has 10 aromatic carbocycles. The standard InChI is InChI=1S/C64H43N3/c1-6-19-44(20-7-1)49-35-36-61-58(42-49)63-57(33-18-34-62(63)67(61)56-31-14-5-15-32-56)50-28-17-30-52(38-50)60-43-59(65-64(66-60)47-25-12-4-13-26-47)51-29-16-27-48(37-51)55-40-53(45-21-8-2-9-22-45)39-54(41-55)46-23-10-3-11-24-46/h1-43H. The second kappa shape index (κ2) is 17.2. The predicted octanol–water partition coefficient (Wildman–Crippen LogP) is 16.9. The molecule has 0 radical (unpaired) electrons. The van der Waals surface area contributed by atoms with Gasteiger partial charge in [-0.05, 0) is 122 Å². The molecule has 314 valence electrons. The van der Waals surface area contributed by atoms with Crippen LogP contribution in [-0.2, 0) is 0 Å². The second-order valence-electron chi connectivity index (χ2n) is 17.0. The summed E-state index contributed by atoms with van der Waals surface area (Å²) < 4.78 is 2.39. The summed E-state index contributed by atoms with van der Waals surface area (Å²) in [5.41, 5.74) is 19.9. The van der Waals surface area contributed by atoms with Crippen LogP contribution in [0.15, 0.2) is 261 Å². The Morgan fingerprint density at radius 1 is 0.254 bits per heavy atom. The highest BCUT2D eigenvalue weighted by Gasteiger charge is 2.19. The summed E-state index contributed by atoms with van der Waals surface area (Å²) in [4.78, 5) is 10.6. The van der Waals surface area contributed by atoms with Crippen molar-refractivity contribution in [2.24, 2.45) is 0 Å². The van der Waals surface area contributed by atoms with Gasteiger partial charge in [0, 0.05) is 33.2 Å². The number of fused-ring (bicyclic) bond motifs is 3. The molecule has 2 heterocycles. The first-order valence-corrected chi connectivity index (χ1v) is 22.8. The zero-order chi connectivity index (χ0) is 44.5. The lowest BCUT2D eigenvalue weighted by molar-refractivity contribution is 1.18. The van der Waals surface area contributed by atoms with E-state index >= 15 is 0 Å². The minimum absolute atomic E-state index is 0.683. The number of rotatable bonds is 9. The number of aromatic nitrogens is 3. The van der Waals surface area contributed by atoms with E-state index in [4.69, 9.17) is 9.97 Å². The fraction of sp³-hybridized carbons (Fsp3) is 0. The van der Waals surface area contributed by atoms with Gasteiger partial charge >= 0.3 is 0 Å². The van der Waals surface area contributed by atoms with Gasteiger partial charge in [0.25, 0.3) is 0 Å². The van der Waals surface area contributed by atoms with E-state index in [1.807, 2.05) is 18.2 Å². The SMILES string of the molecule is c1ccc(-c2cc(-c3ccccc3)cc(-c3cccc(-c4cc(-c5cccc(-c6cccc7c6c6cc(-c8ccccc8)ccc6n7-c6ccccc6)c5)nc(-c5ccccc5)n4)c3)c2)cc1. The third-order valence-corrected chi connectivity index (χ3v) is 12.8. The van der Waals surface area contributed by atoms with Gasteiger partial charge in [0.2, 0.25) is 0 Å². The highest BCUT2D eigenvalue weighted by molar-refractivity contribution is 6.16. The molecular formula is C64H43N3. The van der Waals surface area contributed by atoms with Crippen molar-refractivity contribution in [3.8, 4) is 95.2 Å². The number of nitrogens with zero attached hydrogens (tertiary/aromatic N) is 3. The molecule has 0 saturated heterocycles. The highest BCUT2D eigenvalue weighted by Crippen LogP contribution is 2.42. The molecule has 0 spiro atoms. The summed E-state index contributed by atoms with van der Waals surface area (Å²) >= 11 is 0. The van der Waals surface area contributed by atoms with Crippen molar-refractivity contribution in [2.45, 2.75) is 0 Å². The monoisotopic (exact) mass is 853 g/mol. The van der Waals surface area contributed by atoms with Crippen LogP contribution >= 0.6 is 0 Å². The summed E-state index contributed by atoms with van der Waals surface area (Å²) in [6.07, 6.45) is 0. The zero-order valence-electron chi connectivity index (χ0n) is 36.7. The van der Waals surface area contributed by atoms with E-state index in [-0.39, 0.29) is 0 Å². The van der Waals surface area contributed by atoms with Crippen LogP contribution in [0.2, 0.25) is 0 Å². The van der Waals surface area contributed by atoms with Crippen molar-refractivity contribution >= 4 is 21.8 Å². The van der Waals surface area contributed by atoms with Crippen molar-refractivity contribution in [1.29, 1.82) is 0 Å². The Bertz CT molecular complexity index is 3650. The predicted molar refractivity (Wildman–Crippen MR) is 280 cm³/mol. The van der Waals surface area contributed by atoms with E-state index in [1.54, 1.807) is 0 Å². The van der Waals surface area contributed by atoms with Gasteiger partial charge in [-0.2, -0.15) is 0 Å². The molecule has 3 heteroatoms. The van der Waals surface area contributed by atoms with Crippen molar-refractivity contribution in [1.82, 2.24) is 14.5 Å². The van der Waals surface area contributed by atoms with E-state index in [2.05, 4.69) is 247 Å². The third kappa shape index (κ3) is 7.69. The molecule has 0 atom stereocenters. The summed E-state index contributed by atoms with van der Waals surface area (Å²) in [6, 6.07) is 93.1. The van der Waals surface area contributed by atoms with Crippen molar-refractivity contribution in [3.05, 3.63) is 261 Å². The Morgan fingerprint density at radius 2 is 0.672 bits per heavy atom.